The first kappa shape index (κ1) is 13.4. The van der Waals surface area contributed by atoms with Crippen molar-refractivity contribution in [1.82, 2.24) is 0 Å². The van der Waals surface area contributed by atoms with Gasteiger partial charge >= 0.3 is 0 Å². The minimum Gasteiger partial charge on any atom is -0.312 e. The molecule has 0 aliphatic rings. The number of carbonyl (C=O) groups is 1. The Kier molecular flexibility index (Phi) is 4.37. The summed E-state index contributed by atoms with van der Waals surface area (Å²) in [6.07, 6.45) is 3.33. The molecule has 96 valence electrons. The van der Waals surface area contributed by atoms with Crippen molar-refractivity contribution >= 4 is 29.3 Å². The number of likely N-dealkylation sites (N-methyl/N-ethyl adjacent to an activating group) is 1. The van der Waals surface area contributed by atoms with Gasteiger partial charge in [0, 0.05) is 23.8 Å². The Morgan fingerprint density at radius 2 is 1.68 bits per heavy atom. The third kappa shape index (κ3) is 3.70. The van der Waals surface area contributed by atoms with E-state index in [2.05, 4.69) is 0 Å². The standard InChI is InChI=1S/C16H14ClNO/c1-18(15-5-3-2-4-6-15)16(19)12-9-13-7-10-14(17)11-8-13/h2-12H,1H3. The monoisotopic (exact) mass is 271 g/mol. The number of amides is 1. The van der Waals surface area contributed by atoms with E-state index >= 15 is 0 Å². The summed E-state index contributed by atoms with van der Waals surface area (Å²) in [5.41, 5.74) is 1.81. The number of para-hydroxylation sites is 1. The van der Waals surface area contributed by atoms with E-state index in [1.54, 1.807) is 36.2 Å². The summed E-state index contributed by atoms with van der Waals surface area (Å²) in [7, 11) is 1.75. The number of anilines is 1. The minimum absolute atomic E-state index is 0.0684. The molecule has 0 aliphatic heterocycles. The van der Waals surface area contributed by atoms with Crippen molar-refractivity contribution < 1.29 is 4.79 Å². The van der Waals surface area contributed by atoms with Gasteiger partial charge in [0.2, 0.25) is 0 Å². The fourth-order valence-corrected chi connectivity index (χ4v) is 1.76. The Balaban J connectivity index is 2.07. The van der Waals surface area contributed by atoms with E-state index in [1.165, 1.54) is 0 Å². The van der Waals surface area contributed by atoms with Gasteiger partial charge in [-0.15, -0.1) is 0 Å². The third-order valence-corrected chi connectivity index (χ3v) is 3.01. The van der Waals surface area contributed by atoms with Crippen molar-refractivity contribution in [3.63, 3.8) is 0 Å². The zero-order valence-electron chi connectivity index (χ0n) is 10.6. The fourth-order valence-electron chi connectivity index (χ4n) is 1.63. The molecule has 0 fully saturated rings. The van der Waals surface area contributed by atoms with Gasteiger partial charge in [0.1, 0.15) is 0 Å². The highest BCUT2D eigenvalue weighted by molar-refractivity contribution is 6.30. The lowest BCUT2D eigenvalue weighted by Gasteiger charge is -2.14. The number of benzene rings is 2. The molecule has 0 aliphatic carbocycles. The molecular weight excluding hydrogens is 258 g/mol. The smallest absolute Gasteiger partial charge is 0.250 e. The van der Waals surface area contributed by atoms with E-state index in [-0.39, 0.29) is 5.91 Å². The lowest BCUT2D eigenvalue weighted by atomic mass is 10.2. The number of rotatable bonds is 3. The molecule has 0 bridgehead atoms. The molecule has 1 amide bonds. The summed E-state index contributed by atoms with van der Waals surface area (Å²) in [5.74, 6) is -0.0684. The van der Waals surface area contributed by atoms with Crippen LogP contribution in [0.15, 0.2) is 60.7 Å². The van der Waals surface area contributed by atoms with Crippen LogP contribution in [0.4, 0.5) is 5.69 Å². The SMILES string of the molecule is CN(C(=O)C=Cc1ccc(Cl)cc1)c1ccccc1. The zero-order valence-corrected chi connectivity index (χ0v) is 11.3. The lowest BCUT2D eigenvalue weighted by molar-refractivity contribution is -0.113. The van der Waals surface area contributed by atoms with Crippen LogP contribution in [-0.2, 0) is 4.79 Å². The highest BCUT2D eigenvalue weighted by Crippen LogP contribution is 2.13. The van der Waals surface area contributed by atoms with Gasteiger partial charge in [-0.1, -0.05) is 41.9 Å². The molecule has 0 saturated carbocycles. The van der Waals surface area contributed by atoms with E-state index < -0.39 is 0 Å². The maximum absolute atomic E-state index is 12.0. The average Bonchev–Trinajstić information content (AvgIpc) is 2.46. The Labute approximate surface area is 117 Å². The maximum atomic E-state index is 12.0. The number of hydrogen-bond donors (Lipinski definition) is 0. The largest absolute Gasteiger partial charge is 0.312 e. The van der Waals surface area contributed by atoms with Crippen LogP contribution >= 0.6 is 11.6 Å². The second-order valence-electron chi connectivity index (χ2n) is 4.12. The van der Waals surface area contributed by atoms with E-state index in [4.69, 9.17) is 11.6 Å². The van der Waals surface area contributed by atoms with E-state index in [1.807, 2.05) is 42.5 Å². The van der Waals surface area contributed by atoms with Crippen LogP contribution in [0.5, 0.6) is 0 Å². The normalized spacial score (nSPS) is 10.6. The summed E-state index contributed by atoms with van der Waals surface area (Å²) in [5, 5.41) is 0.685. The van der Waals surface area contributed by atoms with Crippen molar-refractivity contribution in [3.8, 4) is 0 Å². The van der Waals surface area contributed by atoms with Gasteiger partial charge < -0.3 is 4.90 Å². The van der Waals surface area contributed by atoms with Crippen molar-refractivity contribution in [2.24, 2.45) is 0 Å². The predicted octanol–water partition coefficient (Wildman–Crippen LogP) is 4.02. The number of hydrogen-bond acceptors (Lipinski definition) is 1. The van der Waals surface area contributed by atoms with Crippen LogP contribution in [-0.4, -0.2) is 13.0 Å². The minimum atomic E-state index is -0.0684. The zero-order chi connectivity index (χ0) is 13.7. The van der Waals surface area contributed by atoms with Gasteiger partial charge in [0.25, 0.3) is 5.91 Å². The van der Waals surface area contributed by atoms with Gasteiger partial charge in [-0.05, 0) is 35.9 Å². The van der Waals surface area contributed by atoms with Crippen LogP contribution < -0.4 is 4.90 Å². The fraction of sp³-hybridized carbons (Fsp3) is 0.0625. The molecule has 0 N–H and O–H groups in total. The Bertz CT molecular complexity index is 575. The summed E-state index contributed by atoms with van der Waals surface area (Å²) < 4.78 is 0. The Morgan fingerprint density at radius 1 is 1.05 bits per heavy atom. The van der Waals surface area contributed by atoms with Crippen molar-refractivity contribution in [3.05, 3.63) is 71.3 Å². The average molecular weight is 272 g/mol. The van der Waals surface area contributed by atoms with Crippen LogP contribution in [0.2, 0.25) is 5.02 Å². The van der Waals surface area contributed by atoms with E-state index in [9.17, 15) is 4.79 Å². The van der Waals surface area contributed by atoms with Crippen LogP contribution in [0.1, 0.15) is 5.56 Å². The second-order valence-corrected chi connectivity index (χ2v) is 4.55. The molecule has 0 unspecified atom stereocenters. The Morgan fingerprint density at radius 3 is 2.32 bits per heavy atom. The second kappa shape index (κ2) is 6.21. The van der Waals surface area contributed by atoms with Crippen molar-refractivity contribution in [1.29, 1.82) is 0 Å². The molecule has 3 heteroatoms. The first-order valence-electron chi connectivity index (χ1n) is 5.93. The Hall–Kier alpha value is -2.06. The van der Waals surface area contributed by atoms with Gasteiger partial charge in [-0.25, -0.2) is 0 Å². The van der Waals surface area contributed by atoms with Gasteiger partial charge in [-0.3, -0.25) is 4.79 Å². The molecule has 0 radical (unpaired) electrons. The highest BCUT2D eigenvalue weighted by Gasteiger charge is 2.06. The van der Waals surface area contributed by atoms with E-state index in [0.717, 1.165) is 11.3 Å². The van der Waals surface area contributed by atoms with Gasteiger partial charge in [0.15, 0.2) is 0 Å². The summed E-state index contributed by atoms with van der Waals surface area (Å²) in [4.78, 5) is 13.6. The van der Waals surface area contributed by atoms with Gasteiger partial charge in [0.05, 0.1) is 0 Å². The van der Waals surface area contributed by atoms with Crippen LogP contribution in [0.25, 0.3) is 6.08 Å². The molecule has 0 spiro atoms. The van der Waals surface area contributed by atoms with Crippen molar-refractivity contribution in [2.45, 2.75) is 0 Å². The predicted molar refractivity (Wildman–Crippen MR) is 80.3 cm³/mol. The molecule has 0 atom stereocenters. The molecule has 2 nitrogen and oxygen atoms in total. The highest BCUT2D eigenvalue weighted by atomic mass is 35.5. The lowest BCUT2D eigenvalue weighted by Crippen LogP contribution is -2.23. The number of carbonyl (C=O) groups excluding carboxylic acids is 1. The van der Waals surface area contributed by atoms with Gasteiger partial charge in [-0.2, -0.15) is 0 Å². The maximum Gasteiger partial charge on any atom is 0.250 e. The summed E-state index contributed by atoms with van der Waals surface area (Å²) >= 11 is 5.81. The van der Waals surface area contributed by atoms with E-state index in [0.29, 0.717) is 5.02 Å². The van der Waals surface area contributed by atoms with Crippen LogP contribution in [0, 0.1) is 0 Å². The summed E-state index contributed by atoms with van der Waals surface area (Å²) in [6, 6.07) is 16.9. The van der Waals surface area contributed by atoms with Crippen LogP contribution in [0.3, 0.4) is 0 Å². The first-order chi connectivity index (χ1) is 9.16. The first-order valence-corrected chi connectivity index (χ1v) is 6.31. The number of halogens is 1. The molecule has 19 heavy (non-hydrogen) atoms. The molecule has 2 aromatic rings. The summed E-state index contributed by atoms with van der Waals surface area (Å²) in [6.45, 7) is 0. The number of nitrogens with zero attached hydrogens (tertiary/aromatic N) is 1. The topological polar surface area (TPSA) is 20.3 Å². The molecule has 2 rings (SSSR count). The molecule has 0 heterocycles. The quantitative estimate of drug-likeness (QED) is 0.772. The molecule has 0 saturated heterocycles. The van der Waals surface area contributed by atoms with Crippen molar-refractivity contribution in [2.75, 3.05) is 11.9 Å². The molecular formula is C16H14ClNO. The molecule has 2 aromatic carbocycles. The third-order valence-electron chi connectivity index (χ3n) is 2.76. The molecule has 0 aromatic heterocycles.